The zero-order valence-electron chi connectivity index (χ0n) is 11.8. The van der Waals surface area contributed by atoms with Gasteiger partial charge in [-0.2, -0.15) is 0 Å². The number of alkyl halides is 1. The van der Waals surface area contributed by atoms with Crippen LogP contribution in [0, 0.1) is 0 Å². The molecule has 3 rings (SSSR count). The van der Waals surface area contributed by atoms with Crippen molar-refractivity contribution in [1.29, 1.82) is 0 Å². The Labute approximate surface area is 128 Å². The lowest BCUT2D eigenvalue weighted by Gasteiger charge is -2.22. The Bertz CT molecular complexity index is 647. The third-order valence-corrected chi connectivity index (χ3v) is 4.43. The van der Waals surface area contributed by atoms with Gasteiger partial charge in [-0.25, -0.2) is 0 Å². The average molecular weight is 307 g/mol. The Balaban J connectivity index is 2.20. The Morgan fingerprint density at radius 2 is 2.00 bits per heavy atom. The number of hydrogen-bond donors (Lipinski definition) is 1. The summed E-state index contributed by atoms with van der Waals surface area (Å²) in [5, 5.41) is 10.9. The van der Waals surface area contributed by atoms with Crippen LogP contribution in [0.5, 0.6) is 0 Å². The first-order valence-corrected chi connectivity index (χ1v) is 7.85. The fourth-order valence-electron chi connectivity index (χ4n) is 3.15. The largest absolute Gasteiger partial charge is 0.390 e. The van der Waals surface area contributed by atoms with E-state index in [1.807, 2.05) is 28.8 Å². The Morgan fingerprint density at radius 1 is 1.29 bits per heavy atom. The van der Waals surface area contributed by atoms with Gasteiger partial charge in [0.15, 0.2) is 6.29 Å². The Kier molecular flexibility index (Phi) is 4.17. The van der Waals surface area contributed by atoms with Crippen molar-refractivity contribution in [1.82, 2.24) is 4.57 Å². The summed E-state index contributed by atoms with van der Waals surface area (Å²) in [7, 11) is 0. The lowest BCUT2D eigenvalue weighted by atomic mass is 10.2. The molecule has 0 saturated carbocycles. The van der Waals surface area contributed by atoms with E-state index >= 15 is 0 Å². The Morgan fingerprint density at radius 3 is 2.67 bits per heavy atom. The second kappa shape index (κ2) is 6.08. The number of carbonyl (C=O) groups is 1. The van der Waals surface area contributed by atoms with E-state index in [2.05, 4.69) is 4.90 Å². The van der Waals surface area contributed by atoms with E-state index < -0.39 is 6.10 Å². The van der Waals surface area contributed by atoms with Crippen LogP contribution < -0.4 is 4.90 Å². The maximum atomic E-state index is 11.6. The number of fused-ring (bicyclic) bond motifs is 1. The van der Waals surface area contributed by atoms with E-state index in [0.29, 0.717) is 12.1 Å². The van der Waals surface area contributed by atoms with Gasteiger partial charge in [-0.05, 0) is 18.9 Å². The zero-order valence-corrected chi connectivity index (χ0v) is 12.6. The van der Waals surface area contributed by atoms with Crippen molar-refractivity contribution in [3.63, 3.8) is 0 Å². The predicted molar refractivity (Wildman–Crippen MR) is 85.5 cm³/mol. The monoisotopic (exact) mass is 306 g/mol. The van der Waals surface area contributed by atoms with Crippen LogP contribution in [0.2, 0.25) is 0 Å². The number of nitrogens with zero attached hydrogens (tertiary/aromatic N) is 2. The molecule has 1 N–H and O–H groups in total. The summed E-state index contributed by atoms with van der Waals surface area (Å²) >= 11 is 5.76. The van der Waals surface area contributed by atoms with E-state index in [0.717, 1.165) is 48.9 Å². The molecule has 1 atom stereocenters. The van der Waals surface area contributed by atoms with E-state index in [4.69, 9.17) is 11.6 Å². The highest BCUT2D eigenvalue weighted by Gasteiger charge is 2.24. The number of aliphatic hydroxyl groups excluding tert-OH is 1. The summed E-state index contributed by atoms with van der Waals surface area (Å²) in [6.45, 7) is 2.31. The number of aliphatic hydroxyl groups is 1. The molecule has 1 aromatic carbocycles. The minimum absolute atomic E-state index is 0.183. The van der Waals surface area contributed by atoms with Crippen LogP contribution in [-0.2, 0) is 6.54 Å². The van der Waals surface area contributed by atoms with Crippen LogP contribution in [0.4, 0.5) is 5.82 Å². The second-order valence-electron chi connectivity index (χ2n) is 5.49. The third-order valence-electron chi connectivity index (χ3n) is 4.08. The number of anilines is 1. The standard InChI is InChI=1S/C16H19ClN2O2/c17-9-12(21)10-19-15-6-2-1-5-13(15)14(11-20)16(19)18-7-3-4-8-18/h1-2,5-6,11-12,21H,3-4,7-10H2. The minimum Gasteiger partial charge on any atom is -0.390 e. The molecule has 1 aliphatic heterocycles. The second-order valence-corrected chi connectivity index (χ2v) is 5.79. The van der Waals surface area contributed by atoms with Crippen molar-refractivity contribution < 1.29 is 9.90 Å². The summed E-state index contributed by atoms with van der Waals surface area (Å²) in [5.41, 5.74) is 1.69. The maximum Gasteiger partial charge on any atom is 0.154 e. The fourth-order valence-corrected chi connectivity index (χ4v) is 3.24. The highest BCUT2D eigenvalue weighted by atomic mass is 35.5. The summed E-state index contributed by atoms with van der Waals surface area (Å²) in [4.78, 5) is 13.9. The molecule has 1 aliphatic rings. The van der Waals surface area contributed by atoms with Gasteiger partial charge in [0, 0.05) is 18.5 Å². The van der Waals surface area contributed by atoms with Gasteiger partial charge in [-0.15, -0.1) is 11.6 Å². The highest BCUT2D eigenvalue weighted by molar-refractivity contribution is 6.18. The molecule has 2 aromatic rings. The molecule has 0 bridgehead atoms. The van der Waals surface area contributed by atoms with E-state index in [9.17, 15) is 9.90 Å². The first-order chi connectivity index (χ1) is 10.3. The molecule has 1 aromatic heterocycles. The molecular weight excluding hydrogens is 288 g/mol. The number of benzene rings is 1. The average Bonchev–Trinajstić information content (AvgIpc) is 3.13. The van der Waals surface area contributed by atoms with Crippen LogP contribution in [0.3, 0.4) is 0 Å². The number of para-hydroxylation sites is 1. The fraction of sp³-hybridized carbons (Fsp3) is 0.438. The van der Waals surface area contributed by atoms with Gasteiger partial charge in [0.1, 0.15) is 5.82 Å². The molecule has 5 heteroatoms. The Hall–Kier alpha value is -1.52. The van der Waals surface area contributed by atoms with Crippen molar-refractivity contribution >= 4 is 34.6 Å². The van der Waals surface area contributed by atoms with Gasteiger partial charge in [-0.3, -0.25) is 4.79 Å². The summed E-state index contributed by atoms with van der Waals surface area (Å²) < 4.78 is 2.04. The number of rotatable bonds is 5. The molecule has 21 heavy (non-hydrogen) atoms. The first kappa shape index (κ1) is 14.4. The molecule has 112 valence electrons. The number of aromatic nitrogens is 1. The first-order valence-electron chi connectivity index (χ1n) is 7.31. The molecule has 0 spiro atoms. The molecule has 0 amide bonds. The van der Waals surface area contributed by atoms with E-state index in [-0.39, 0.29) is 5.88 Å². The number of carbonyl (C=O) groups excluding carboxylic acids is 1. The lowest BCUT2D eigenvalue weighted by Crippen LogP contribution is -2.25. The summed E-state index contributed by atoms with van der Waals surface area (Å²) in [6, 6.07) is 7.84. The van der Waals surface area contributed by atoms with Gasteiger partial charge in [0.05, 0.1) is 29.6 Å². The predicted octanol–water partition coefficient (Wildman–Crippen LogP) is 2.65. The van der Waals surface area contributed by atoms with Crippen molar-refractivity contribution in [2.45, 2.75) is 25.5 Å². The van der Waals surface area contributed by atoms with Crippen LogP contribution in [0.25, 0.3) is 10.9 Å². The van der Waals surface area contributed by atoms with Crippen molar-refractivity contribution in [3.05, 3.63) is 29.8 Å². The number of aldehydes is 1. The van der Waals surface area contributed by atoms with Crippen LogP contribution in [0.1, 0.15) is 23.2 Å². The van der Waals surface area contributed by atoms with Gasteiger partial charge in [0.25, 0.3) is 0 Å². The van der Waals surface area contributed by atoms with Crippen LogP contribution in [0.15, 0.2) is 24.3 Å². The normalized spacial score (nSPS) is 16.6. The van der Waals surface area contributed by atoms with Gasteiger partial charge >= 0.3 is 0 Å². The minimum atomic E-state index is -0.622. The molecule has 1 fully saturated rings. The van der Waals surface area contributed by atoms with Crippen LogP contribution in [-0.4, -0.2) is 41.0 Å². The zero-order chi connectivity index (χ0) is 14.8. The van der Waals surface area contributed by atoms with E-state index in [1.165, 1.54) is 0 Å². The third kappa shape index (κ3) is 2.54. The number of halogens is 1. The molecule has 4 nitrogen and oxygen atoms in total. The number of hydrogen-bond acceptors (Lipinski definition) is 3. The van der Waals surface area contributed by atoms with Crippen molar-refractivity contribution in [2.24, 2.45) is 0 Å². The molecule has 1 saturated heterocycles. The van der Waals surface area contributed by atoms with E-state index in [1.54, 1.807) is 0 Å². The molecule has 1 unspecified atom stereocenters. The molecule has 2 heterocycles. The SMILES string of the molecule is O=Cc1c(N2CCCC2)n(CC(O)CCl)c2ccccc12. The summed E-state index contributed by atoms with van der Waals surface area (Å²) in [5.74, 6) is 1.11. The van der Waals surface area contributed by atoms with Gasteiger partial charge < -0.3 is 14.6 Å². The van der Waals surface area contributed by atoms with Crippen LogP contribution >= 0.6 is 11.6 Å². The van der Waals surface area contributed by atoms with Crippen molar-refractivity contribution in [3.8, 4) is 0 Å². The molecule has 0 radical (unpaired) electrons. The van der Waals surface area contributed by atoms with Crippen molar-refractivity contribution in [2.75, 3.05) is 23.9 Å². The molecular formula is C16H19ClN2O2. The smallest absolute Gasteiger partial charge is 0.154 e. The highest BCUT2D eigenvalue weighted by Crippen LogP contribution is 2.33. The lowest BCUT2D eigenvalue weighted by molar-refractivity contribution is 0.112. The topological polar surface area (TPSA) is 45.5 Å². The quantitative estimate of drug-likeness (QED) is 0.682. The maximum absolute atomic E-state index is 11.6. The molecule has 0 aliphatic carbocycles. The van der Waals surface area contributed by atoms with Gasteiger partial charge in [-0.1, -0.05) is 18.2 Å². The summed E-state index contributed by atoms with van der Waals surface area (Å²) in [6.07, 6.45) is 2.58. The van der Waals surface area contributed by atoms with Gasteiger partial charge in [0.2, 0.25) is 0 Å².